The highest BCUT2D eigenvalue weighted by Crippen LogP contribution is 2.28. The molecule has 2 amide bonds. The molecule has 7 N–H and O–H groups in total. The van der Waals surface area contributed by atoms with Crippen molar-refractivity contribution in [2.24, 2.45) is 11.5 Å². The third kappa shape index (κ3) is 3.81. The Kier molecular flexibility index (Phi) is 4.79. The number of nitrogens with two attached hydrogens (primary N) is 3. The third-order valence-corrected chi connectivity index (χ3v) is 2.58. The summed E-state index contributed by atoms with van der Waals surface area (Å²) in [6, 6.07) is 2.97. The average Bonchev–Trinajstić information content (AvgIpc) is 2.25. The van der Waals surface area contributed by atoms with E-state index < -0.39 is 5.91 Å². The maximum Gasteiger partial charge on any atom is 0.250 e. The monoisotopic (exact) mass is 270 g/mol. The van der Waals surface area contributed by atoms with Crippen molar-refractivity contribution < 1.29 is 9.59 Å². The number of hydrogen-bond donors (Lipinski definition) is 4. The van der Waals surface area contributed by atoms with Crippen LogP contribution in [0.5, 0.6) is 0 Å². The molecule has 18 heavy (non-hydrogen) atoms. The topological polar surface area (TPSA) is 124 Å². The van der Waals surface area contributed by atoms with Crippen LogP contribution >= 0.6 is 11.6 Å². The van der Waals surface area contributed by atoms with E-state index in [0.29, 0.717) is 29.4 Å². The van der Waals surface area contributed by atoms with Crippen LogP contribution in [0.25, 0.3) is 0 Å². The molecule has 0 spiro atoms. The van der Waals surface area contributed by atoms with Crippen molar-refractivity contribution in [1.82, 2.24) is 0 Å². The Morgan fingerprint density at radius 1 is 1.28 bits per heavy atom. The van der Waals surface area contributed by atoms with Crippen LogP contribution in [0, 0.1) is 0 Å². The zero-order valence-corrected chi connectivity index (χ0v) is 10.5. The van der Waals surface area contributed by atoms with Crippen molar-refractivity contribution in [3.8, 4) is 0 Å². The Morgan fingerprint density at radius 3 is 2.50 bits per heavy atom. The predicted molar refractivity (Wildman–Crippen MR) is 71.3 cm³/mol. The van der Waals surface area contributed by atoms with Crippen LogP contribution in [0.2, 0.25) is 5.02 Å². The number of primary amides is 2. The number of nitrogen functional groups attached to an aromatic ring is 1. The maximum atomic E-state index is 11.3. The number of anilines is 2. The van der Waals surface area contributed by atoms with Crippen LogP contribution in [-0.2, 0) is 4.79 Å². The summed E-state index contributed by atoms with van der Waals surface area (Å²) in [7, 11) is 0. The molecule has 1 rings (SSSR count). The Balaban J connectivity index is 2.80. The molecule has 0 radical (unpaired) electrons. The number of halogens is 1. The van der Waals surface area contributed by atoms with Gasteiger partial charge in [-0.1, -0.05) is 11.6 Å². The summed E-state index contributed by atoms with van der Waals surface area (Å²) in [4.78, 5) is 21.8. The van der Waals surface area contributed by atoms with E-state index in [1.807, 2.05) is 0 Å². The molecule has 0 bridgehead atoms. The summed E-state index contributed by atoms with van der Waals surface area (Å²) < 4.78 is 0. The van der Waals surface area contributed by atoms with Gasteiger partial charge in [0, 0.05) is 18.7 Å². The van der Waals surface area contributed by atoms with Crippen molar-refractivity contribution in [3.63, 3.8) is 0 Å². The molecule has 0 aliphatic rings. The van der Waals surface area contributed by atoms with Gasteiger partial charge in [-0.25, -0.2) is 0 Å². The van der Waals surface area contributed by atoms with Crippen LogP contribution in [0.3, 0.4) is 0 Å². The third-order valence-electron chi connectivity index (χ3n) is 2.28. The zero-order valence-electron chi connectivity index (χ0n) is 9.70. The lowest BCUT2D eigenvalue weighted by Crippen LogP contribution is -2.17. The highest BCUT2D eigenvalue weighted by atomic mass is 35.5. The van der Waals surface area contributed by atoms with Crippen LogP contribution < -0.4 is 22.5 Å². The van der Waals surface area contributed by atoms with Gasteiger partial charge in [-0.3, -0.25) is 9.59 Å². The van der Waals surface area contributed by atoms with Gasteiger partial charge in [0.15, 0.2) is 0 Å². The van der Waals surface area contributed by atoms with E-state index in [0.717, 1.165) is 0 Å². The number of amides is 2. The molecule has 0 aromatic heterocycles. The fraction of sp³-hybridized carbons (Fsp3) is 0.273. The second-order valence-electron chi connectivity index (χ2n) is 3.79. The lowest BCUT2D eigenvalue weighted by atomic mass is 10.1. The molecule has 1 aromatic rings. The van der Waals surface area contributed by atoms with Gasteiger partial charge in [-0.05, 0) is 18.6 Å². The van der Waals surface area contributed by atoms with E-state index in [4.69, 9.17) is 28.8 Å². The van der Waals surface area contributed by atoms with Gasteiger partial charge >= 0.3 is 0 Å². The standard InChI is InChI=1S/C11H15ClN4O2/c12-8-5-6(13)4-7(11(15)18)10(8)16-3-1-2-9(14)17/h4-5,16H,1-3,13H2,(H2,14,17)(H2,15,18). The van der Waals surface area contributed by atoms with E-state index in [-0.39, 0.29) is 17.9 Å². The lowest BCUT2D eigenvalue weighted by molar-refractivity contribution is -0.118. The number of benzene rings is 1. The van der Waals surface area contributed by atoms with Gasteiger partial charge < -0.3 is 22.5 Å². The molecule has 0 saturated carbocycles. The summed E-state index contributed by atoms with van der Waals surface area (Å²) in [6.07, 6.45) is 0.791. The molecule has 0 saturated heterocycles. The molecular formula is C11H15ClN4O2. The summed E-state index contributed by atoms with van der Waals surface area (Å²) in [6.45, 7) is 0.451. The number of nitrogens with one attached hydrogen (secondary N) is 1. The summed E-state index contributed by atoms with van der Waals surface area (Å²) in [5, 5.41) is 3.26. The van der Waals surface area contributed by atoms with E-state index in [1.54, 1.807) is 0 Å². The summed E-state index contributed by atoms with van der Waals surface area (Å²) in [5.74, 6) is -1.00. The minimum absolute atomic E-state index is 0.221. The average molecular weight is 271 g/mol. The number of rotatable bonds is 6. The van der Waals surface area contributed by atoms with E-state index in [9.17, 15) is 9.59 Å². The van der Waals surface area contributed by atoms with Crippen molar-refractivity contribution in [2.45, 2.75) is 12.8 Å². The fourth-order valence-corrected chi connectivity index (χ4v) is 1.77. The number of carbonyl (C=O) groups is 2. The van der Waals surface area contributed by atoms with Crippen molar-refractivity contribution in [1.29, 1.82) is 0 Å². The van der Waals surface area contributed by atoms with E-state index in [2.05, 4.69) is 5.32 Å². The second-order valence-corrected chi connectivity index (χ2v) is 4.19. The molecule has 0 aliphatic heterocycles. The van der Waals surface area contributed by atoms with Crippen molar-refractivity contribution >= 4 is 34.8 Å². The molecule has 0 aliphatic carbocycles. The molecule has 98 valence electrons. The summed E-state index contributed by atoms with van der Waals surface area (Å²) >= 11 is 5.98. The normalized spacial score (nSPS) is 10.1. The Hall–Kier alpha value is -1.95. The number of carbonyl (C=O) groups excluding carboxylic acids is 2. The predicted octanol–water partition coefficient (Wildman–Crippen LogP) is 0.698. The fourth-order valence-electron chi connectivity index (χ4n) is 1.48. The Morgan fingerprint density at radius 2 is 1.94 bits per heavy atom. The molecule has 0 unspecified atom stereocenters. The Bertz CT molecular complexity index is 476. The van der Waals surface area contributed by atoms with Crippen LogP contribution in [0.15, 0.2) is 12.1 Å². The molecule has 0 fully saturated rings. The minimum Gasteiger partial charge on any atom is -0.399 e. The quantitative estimate of drug-likeness (QED) is 0.448. The van der Waals surface area contributed by atoms with Crippen molar-refractivity contribution in [3.05, 3.63) is 22.7 Å². The van der Waals surface area contributed by atoms with E-state index in [1.165, 1.54) is 12.1 Å². The SMILES string of the molecule is NC(=O)CCCNc1c(Cl)cc(N)cc1C(N)=O. The Labute approximate surface area is 109 Å². The first-order chi connectivity index (χ1) is 8.41. The molecule has 0 heterocycles. The second kappa shape index (κ2) is 6.11. The van der Waals surface area contributed by atoms with Gasteiger partial charge in [0.2, 0.25) is 5.91 Å². The largest absolute Gasteiger partial charge is 0.399 e. The molecule has 1 aromatic carbocycles. The minimum atomic E-state index is -0.624. The highest BCUT2D eigenvalue weighted by Gasteiger charge is 2.12. The summed E-state index contributed by atoms with van der Waals surface area (Å²) in [5.41, 5.74) is 16.8. The number of hydrogen-bond acceptors (Lipinski definition) is 4. The van der Waals surface area contributed by atoms with Crippen LogP contribution in [-0.4, -0.2) is 18.4 Å². The maximum absolute atomic E-state index is 11.3. The first-order valence-electron chi connectivity index (χ1n) is 5.33. The first kappa shape index (κ1) is 14.1. The van der Waals surface area contributed by atoms with Gasteiger partial charge in [0.05, 0.1) is 16.3 Å². The lowest BCUT2D eigenvalue weighted by Gasteiger charge is -2.12. The van der Waals surface area contributed by atoms with Gasteiger partial charge in [0.1, 0.15) is 0 Å². The smallest absolute Gasteiger partial charge is 0.250 e. The van der Waals surface area contributed by atoms with Crippen molar-refractivity contribution in [2.75, 3.05) is 17.6 Å². The highest BCUT2D eigenvalue weighted by molar-refractivity contribution is 6.34. The molecule has 6 nitrogen and oxygen atoms in total. The molecular weight excluding hydrogens is 256 g/mol. The first-order valence-corrected chi connectivity index (χ1v) is 5.70. The molecule has 7 heteroatoms. The van der Waals surface area contributed by atoms with E-state index >= 15 is 0 Å². The van der Waals surface area contributed by atoms with Crippen LogP contribution in [0.1, 0.15) is 23.2 Å². The zero-order chi connectivity index (χ0) is 13.7. The van der Waals surface area contributed by atoms with Crippen LogP contribution in [0.4, 0.5) is 11.4 Å². The van der Waals surface area contributed by atoms with Gasteiger partial charge in [-0.2, -0.15) is 0 Å². The van der Waals surface area contributed by atoms with Gasteiger partial charge in [-0.15, -0.1) is 0 Å². The molecule has 0 atom stereocenters. The van der Waals surface area contributed by atoms with Gasteiger partial charge in [0.25, 0.3) is 5.91 Å².